The van der Waals surface area contributed by atoms with Gasteiger partial charge >= 0.3 is 11.9 Å². The molecule has 1 atom stereocenters. The molecule has 0 aliphatic carbocycles. The van der Waals surface area contributed by atoms with Crippen LogP contribution in [0.25, 0.3) is 0 Å². The van der Waals surface area contributed by atoms with Crippen LogP contribution >= 0.6 is 0 Å². The number of hydrogen-bond acceptors (Lipinski definition) is 10. The number of anilines is 1. The lowest BCUT2D eigenvalue weighted by molar-refractivity contribution is -0.384. The maximum atomic E-state index is 13.2. The van der Waals surface area contributed by atoms with Gasteiger partial charge in [0, 0.05) is 23.4 Å². The van der Waals surface area contributed by atoms with Gasteiger partial charge in [0.05, 0.1) is 19.1 Å². The van der Waals surface area contributed by atoms with Crippen molar-refractivity contribution in [3.63, 3.8) is 0 Å². The first-order chi connectivity index (χ1) is 14.2. The first-order valence-corrected chi connectivity index (χ1v) is 8.29. The number of ether oxygens (including phenoxy) is 3. The molecule has 0 aromatic heterocycles. The molecule has 2 aliphatic heterocycles. The van der Waals surface area contributed by atoms with Crippen molar-refractivity contribution in [3.8, 4) is 6.07 Å². The fourth-order valence-corrected chi connectivity index (χ4v) is 3.49. The second-order valence-electron chi connectivity index (χ2n) is 6.19. The fraction of sp³-hybridized carbons (Fsp3) is 0.222. The third-order valence-corrected chi connectivity index (χ3v) is 4.75. The van der Waals surface area contributed by atoms with Gasteiger partial charge in [0.2, 0.25) is 11.8 Å². The summed E-state index contributed by atoms with van der Waals surface area (Å²) in [6, 6.07) is 5.19. The standard InChI is InChI=1S/C18H14N4O8/c1-28-13(23)6-12-14(16(24)29-2)18(10(7-19)15(20)30-12)9-5-8(22(26)27)3-4-11(9)21-17(18)25/h3-5H,6,20H2,1-2H3,(H,21,25). The summed E-state index contributed by atoms with van der Waals surface area (Å²) in [4.78, 5) is 48.4. The molecule has 12 heteroatoms. The Morgan fingerprint density at radius 3 is 2.63 bits per heavy atom. The van der Waals surface area contributed by atoms with Crippen molar-refractivity contribution in [2.24, 2.45) is 5.73 Å². The summed E-state index contributed by atoms with van der Waals surface area (Å²) in [7, 11) is 2.12. The topological polar surface area (TPSA) is 184 Å². The van der Waals surface area contributed by atoms with Crippen molar-refractivity contribution in [2.75, 3.05) is 19.5 Å². The highest BCUT2D eigenvalue weighted by molar-refractivity contribution is 6.17. The molecule has 0 saturated carbocycles. The molecule has 1 amide bonds. The summed E-state index contributed by atoms with van der Waals surface area (Å²) in [6.07, 6.45) is -0.611. The average Bonchev–Trinajstić information content (AvgIpc) is 2.99. The van der Waals surface area contributed by atoms with E-state index in [1.54, 1.807) is 6.07 Å². The lowest BCUT2D eigenvalue weighted by Gasteiger charge is -2.34. The van der Waals surface area contributed by atoms with Gasteiger partial charge in [0.15, 0.2) is 5.41 Å². The van der Waals surface area contributed by atoms with Gasteiger partial charge in [-0.3, -0.25) is 19.7 Å². The first-order valence-electron chi connectivity index (χ1n) is 8.29. The molecule has 3 N–H and O–H groups in total. The van der Waals surface area contributed by atoms with Gasteiger partial charge in [-0.05, 0) is 6.07 Å². The van der Waals surface area contributed by atoms with E-state index < -0.39 is 57.3 Å². The zero-order valence-corrected chi connectivity index (χ0v) is 15.7. The number of nitrogens with two attached hydrogens (primary N) is 1. The number of benzene rings is 1. The highest BCUT2D eigenvalue weighted by atomic mass is 16.6. The van der Waals surface area contributed by atoms with Crippen molar-refractivity contribution < 1.29 is 33.5 Å². The number of non-ortho nitro benzene ring substituents is 1. The number of rotatable bonds is 4. The minimum absolute atomic E-state index is 0.0766. The minimum Gasteiger partial charge on any atom is -0.469 e. The van der Waals surface area contributed by atoms with E-state index in [0.29, 0.717) is 0 Å². The van der Waals surface area contributed by atoms with E-state index in [0.717, 1.165) is 26.4 Å². The highest BCUT2D eigenvalue weighted by Gasteiger charge is 2.60. The predicted molar refractivity (Wildman–Crippen MR) is 97.0 cm³/mol. The third-order valence-electron chi connectivity index (χ3n) is 4.75. The molecule has 1 spiro atoms. The molecular weight excluding hydrogens is 400 g/mol. The van der Waals surface area contributed by atoms with E-state index in [4.69, 9.17) is 15.2 Å². The number of esters is 2. The molecule has 0 fully saturated rings. The van der Waals surface area contributed by atoms with Crippen LogP contribution in [-0.2, 0) is 34.0 Å². The Labute approximate surface area is 168 Å². The number of carbonyl (C=O) groups excluding carboxylic acids is 3. The van der Waals surface area contributed by atoms with Gasteiger partial charge in [-0.2, -0.15) is 5.26 Å². The van der Waals surface area contributed by atoms with Gasteiger partial charge in [0.1, 0.15) is 29.4 Å². The summed E-state index contributed by atoms with van der Waals surface area (Å²) >= 11 is 0. The Bertz CT molecular complexity index is 1110. The zero-order valence-electron chi connectivity index (χ0n) is 15.7. The van der Waals surface area contributed by atoms with Crippen molar-refractivity contribution in [1.29, 1.82) is 5.26 Å². The van der Waals surface area contributed by atoms with E-state index in [9.17, 15) is 29.8 Å². The van der Waals surface area contributed by atoms with Crippen molar-refractivity contribution in [3.05, 3.63) is 56.7 Å². The van der Waals surface area contributed by atoms with E-state index in [2.05, 4.69) is 10.1 Å². The van der Waals surface area contributed by atoms with Crippen LogP contribution in [0.3, 0.4) is 0 Å². The monoisotopic (exact) mass is 414 g/mol. The van der Waals surface area contributed by atoms with Crippen LogP contribution in [-0.4, -0.2) is 37.0 Å². The molecule has 12 nitrogen and oxygen atoms in total. The molecule has 1 aromatic rings. The zero-order chi connectivity index (χ0) is 22.2. The number of nitriles is 1. The molecule has 30 heavy (non-hydrogen) atoms. The number of carbonyl (C=O) groups is 3. The summed E-state index contributed by atoms with van der Waals surface area (Å²) in [5.74, 6) is -3.72. The van der Waals surface area contributed by atoms with Gasteiger partial charge in [-0.1, -0.05) is 0 Å². The van der Waals surface area contributed by atoms with E-state index in [1.807, 2.05) is 0 Å². The number of fused-ring (bicyclic) bond motifs is 2. The fourth-order valence-electron chi connectivity index (χ4n) is 3.49. The first kappa shape index (κ1) is 20.3. The summed E-state index contributed by atoms with van der Waals surface area (Å²) in [5, 5.41) is 23.5. The second-order valence-corrected chi connectivity index (χ2v) is 6.19. The Kier molecular flexibility index (Phi) is 4.89. The second kappa shape index (κ2) is 7.21. The lowest BCUT2D eigenvalue weighted by atomic mass is 9.68. The molecule has 1 aromatic carbocycles. The molecule has 0 saturated heterocycles. The number of hydrogen-bond donors (Lipinski definition) is 2. The molecule has 2 aliphatic rings. The van der Waals surface area contributed by atoms with E-state index in [1.165, 1.54) is 6.07 Å². The van der Waals surface area contributed by atoms with Gasteiger partial charge in [0.25, 0.3) is 5.69 Å². The van der Waals surface area contributed by atoms with Crippen LogP contribution in [0.15, 0.2) is 41.0 Å². The smallest absolute Gasteiger partial charge is 0.339 e. The van der Waals surface area contributed by atoms with Gasteiger partial charge < -0.3 is 25.3 Å². The van der Waals surface area contributed by atoms with Crippen LogP contribution in [0, 0.1) is 21.4 Å². The maximum Gasteiger partial charge on any atom is 0.339 e. The SMILES string of the molecule is COC(=O)CC1=C(C(=O)OC)C2(C(=O)Nc3ccc([N+](=O)[O-])cc32)C(C#N)=C(N)O1. The third kappa shape index (κ3) is 2.72. The quantitative estimate of drug-likeness (QED) is 0.399. The lowest BCUT2D eigenvalue weighted by Crippen LogP contribution is -2.46. The molecule has 0 bridgehead atoms. The summed E-state index contributed by atoms with van der Waals surface area (Å²) in [5.41, 5.74) is 2.30. The Hall–Kier alpha value is -4.40. The largest absolute Gasteiger partial charge is 0.469 e. The van der Waals surface area contributed by atoms with Crippen LogP contribution < -0.4 is 11.1 Å². The number of nitro groups is 1. The van der Waals surface area contributed by atoms with Crippen molar-refractivity contribution in [1.82, 2.24) is 0 Å². The number of nitrogens with zero attached hydrogens (tertiary/aromatic N) is 2. The van der Waals surface area contributed by atoms with E-state index in [-0.39, 0.29) is 17.0 Å². The minimum atomic E-state index is -2.21. The number of nitro benzene ring substituents is 1. The molecule has 0 radical (unpaired) electrons. The van der Waals surface area contributed by atoms with Crippen molar-refractivity contribution in [2.45, 2.75) is 11.8 Å². The molecular formula is C18H14N4O8. The van der Waals surface area contributed by atoms with Crippen LogP contribution in [0.1, 0.15) is 12.0 Å². The number of methoxy groups -OCH3 is 2. The van der Waals surface area contributed by atoms with E-state index >= 15 is 0 Å². The Morgan fingerprint density at radius 1 is 1.37 bits per heavy atom. The predicted octanol–water partition coefficient (Wildman–Crippen LogP) is 0.499. The molecule has 2 heterocycles. The Balaban J connectivity index is 2.45. The summed E-state index contributed by atoms with van der Waals surface area (Å²) < 4.78 is 14.7. The van der Waals surface area contributed by atoms with Crippen LogP contribution in [0.4, 0.5) is 11.4 Å². The van der Waals surface area contributed by atoms with Crippen LogP contribution in [0.2, 0.25) is 0 Å². The average molecular weight is 414 g/mol. The van der Waals surface area contributed by atoms with Gasteiger partial charge in [-0.25, -0.2) is 4.79 Å². The van der Waals surface area contributed by atoms with Crippen molar-refractivity contribution >= 4 is 29.2 Å². The molecule has 1 unspecified atom stereocenters. The number of nitrogens with one attached hydrogen (secondary N) is 1. The Morgan fingerprint density at radius 2 is 2.07 bits per heavy atom. The normalized spacial score (nSPS) is 19.6. The maximum absolute atomic E-state index is 13.2. The highest BCUT2D eigenvalue weighted by Crippen LogP contribution is 2.53. The van der Waals surface area contributed by atoms with Crippen LogP contribution in [0.5, 0.6) is 0 Å². The summed E-state index contributed by atoms with van der Waals surface area (Å²) in [6.45, 7) is 0. The number of amides is 1. The molecule has 154 valence electrons. The van der Waals surface area contributed by atoms with Gasteiger partial charge in [-0.15, -0.1) is 0 Å². The molecule has 3 rings (SSSR count).